The number of nitrogens with zero attached hydrogens (tertiary/aromatic N) is 1. The second-order valence-corrected chi connectivity index (χ2v) is 3.58. The minimum absolute atomic E-state index is 0.397. The van der Waals surface area contributed by atoms with Crippen molar-refractivity contribution in [3.63, 3.8) is 0 Å². The predicted octanol–water partition coefficient (Wildman–Crippen LogP) is 3.37. The molecular formula is C8H5Cl2F3N2O. The van der Waals surface area contributed by atoms with E-state index >= 15 is 0 Å². The monoisotopic (exact) mass is 272 g/mol. The molecule has 0 saturated carbocycles. The fourth-order valence-corrected chi connectivity index (χ4v) is 1.48. The SMILES string of the molecule is CC(=O)Nc1c(C(F)(F)F)cc(Cl)nc1Cl. The Morgan fingerprint density at radius 2 is 2.00 bits per heavy atom. The van der Waals surface area contributed by atoms with Gasteiger partial charge in [0.1, 0.15) is 5.15 Å². The van der Waals surface area contributed by atoms with Gasteiger partial charge in [0.05, 0.1) is 11.3 Å². The number of halogens is 5. The highest BCUT2D eigenvalue weighted by Crippen LogP contribution is 2.39. The molecule has 1 aromatic heterocycles. The first-order chi connectivity index (χ1) is 7.21. The van der Waals surface area contributed by atoms with Crippen LogP contribution in [-0.4, -0.2) is 10.9 Å². The fourth-order valence-electron chi connectivity index (χ4n) is 1.00. The third-order valence-corrected chi connectivity index (χ3v) is 2.02. The maximum absolute atomic E-state index is 12.6. The molecule has 0 bridgehead atoms. The third-order valence-electron chi connectivity index (χ3n) is 1.55. The molecule has 88 valence electrons. The number of carbonyl (C=O) groups is 1. The molecule has 8 heteroatoms. The van der Waals surface area contributed by atoms with Gasteiger partial charge in [-0.3, -0.25) is 4.79 Å². The molecule has 1 N–H and O–H groups in total. The van der Waals surface area contributed by atoms with Crippen LogP contribution in [0.1, 0.15) is 12.5 Å². The van der Waals surface area contributed by atoms with Crippen molar-refractivity contribution in [3.05, 3.63) is 21.9 Å². The number of hydrogen-bond donors (Lipinski definition) is 1. The Balaban J connectivity index is 3.38. The van der Waals surface area contributed by atoms with Crippen molar-refractivity contribution in [3.8, 4) is 0 Å². The quantitative estimate of drug-likeness (QED) is 0.797. The third kappa shape index (κ3) is 2.99. The molecule has 16 heavy (non-hydrogen) atoms. The summed E-state index contributed by atoms with van der Waals surface area (Å²) in [5, 5.41) is 1.06. The van der Waals surface area contributed by atoms with E-state index in [0.717, 1.165) is 6.92 Å². The van der Waals surface area contributed by atoms with Crippen molar-refractivity contribution in [1.29, 1.82) is 0 Å². The number of carbonyl (C=O) groups excluding carboxylic acids is 1. The molecule has 0 atom stereocenters. The van der Waals surface area contributed by atoms with Gasteiger partial charge in [0.15, 0.2) is 5.15 Å². The van der Waals surface area contributed by atoms with Crippen LogP contribution in [-0.2, 0) is 11.0 Å². The van der Waals surface area contributed by atoms with Gasteiger partial charge in [0.2, 0.25) is 5.91 Å². The first-order valence-electron chi connectivity index (χ1n) is 3.92. The Kier molecular flexibility index (Phi) is 3.64. The molecule has 1 heterocycles. The number of pyridine rings is 1. The molecule has 0 fully saturated rings. The molecule has 0 unspecified atom stereocenters. The largest absolute Gasteiger partial charge is 0.418 e. The number of hydrogen-bond acceptors (Lipinski definition) is 2. The highest BCUT2D eigenvalue weighted by atomic mass is 35.5. The topological polar surface area (TPSA) is 42.0 Å². The zero-order valence-corrected chi connectivity index (χ0v) is 9.33. The summed E-state index contributed by atoms with van der Waals surface area (Å²) < 4.78 is 37.7. The predicted molar refractivity (Wildman–Crippen MR) is 53.6 cm³/mol. The zero-order chi connectivity index (χ0) is 12.5. The molecule has 0 aliphatic carbocycles. The molecule has 0 radical (unpaired) electrons. The molecule has 0 aliphatic heterocycles. The van der Waals surface area contributed by atoms with E-state index in [9.17, 15) is 18.0 Å². The van der Waals surface area contributed by atoms with Gasteiger partial charge in [-0.15, -0.1) is 0 Å². The minimum Gasteiger partial charge on any atom is -0.323 e. The number of aromatic nitrogens is 1. The van der Waals surface area contributed by atoms with E-state index in [2.05, 4.69) is 4.98 Å². The lowest BCUT2D eigenvalue weighted by atomic mass is 10.2. The van der Waals surface area contributed by atoms with E-state index in [-0.39, 0.29) is 0 Å². The Morgan fingerprint density at radius 1 is 1.44 bits per heavy atom. The number of nitrogens with one attached hydrogen (secondary N) is 1. The van der Waals surface area contributed by atoms with Crippen molar-refractivity contribution in [2.45, 2.75) is 13.1 Å². The highest BCUT2D eigenvalue weighted by Gasteiger charge is 2.35. The summed E-state index contributed by atoms with van der Waals surface area (Å²) >= 11 is 10.8. The molecule has 3 nitrogen and oxygen atoms in total. The van der Waals surface area contributed by atoms with Gasteiger partial charge in [0.25, 0.3) is 0 Å². The summed E-state index contributed by atoms with van der Waals surface area (Å²) in [5.74, 6) is -0.684. The summed E-state index contributed by atoms with van der Waals surface area (Å²) in [6.45, 7) is 1.06. The maximum atomic E-state index is 12.6. The average molecular weight is 273 g/mol. The van der Waals surface area contributed by atoms with Crippen LogP contribution >= 0.6 is 23.2 Å². The van der Waals surface area contributed by atoms with Crippen molar-refractivity contribution in [1.82, 2.24) is 4.98 Å². The van der Waals surface area contributed by atoms with E-state index in [1.165, 1.54) is 0 Å². The summed E-state index contributed by atoms with van der Waals surface area (Å²) in [4.78, 5) is 14.1. The summed E-state index contributed by atoms with van der Waals surface area (Å²) in [7, 11) is 0. The van der Waals surface area contributed by atoms with Gasteiger partial charge < -0.3 is 5.32 Å². The van der Waals surface area contributed by atoms with Crippen LogP contribution in [0, 0.1) is 0 Å². The number of amides is 1. The minimum atomic E-state index is -4.67. The van der Waals surface area contributed by atoms with Crippen molar-refractivity contribution < 1.29 is 18.0 Å². The molecule has 1 rings (SSSR count). The fraction of sp³-hybridized carbons (Fsp3) is 0.250. The number of rotatable bonds is 1. The Bertz CT molecular complexity index is 434. The van der Waals surface area contributed by atoms with Gasteiger partial charge in [-0.05, 0) is 6.07 Å². The molecule has 0 aromatic carbocycles. The van der Waals surface area contributed by atoms with E-state index in [1.807, 2.05) is 5.32 Å². The average Bonchev–Trinajstić information content (AvgIpc) is 2.06. The van der Waals surface area contributed by atoms with Gasteiger partial charge in [-0.25, -0.2) is 4.98 Å². The van der Waals surface area contributed by atoms with Crippen LogP contribution in [0.3, 0.4) is 0 Å². The smallest absolute Gasteiger partial charge is 0.323 e. The summed E-state index contributed by atoms with van der Waals surface area (Å²) in [6.07, 6.45) is -4.67. The molecule has 0 spiro atoms. The van der Waals surface area contributed by atoms with Gasteiger partial charge in [0, 0.05) is 6.92 Å². The van der Waals surface area contributed by atoms with Crippen LogP contribution < -0.4 is 5.32 Å². The van der Waals surface area contributed by atoms with E-state index in [4.69, 9.17) is 23.2 Å². The molecule has 0 aliphatic rings. The van der Waals surface area contributed by atoms with E-state index < -0.39 is 33.6 Å². The van der Waals surface area contributed by atoms with Crippen molar-refractivity contribution in [2.75, 3.05) is 5.32 Å². The van der Waals surface area contributed by atoms with Crippen LogP contribution in [0.5, 0.6) is 0 Å². The van der Waals surface area contributed by atoms with E-state index in [1.54, 1.807) is 0 Å². The number of alkyl halides is 3. The van der Waals surface area contributed by atoms with Crippen LogP contribution in [0.15, 0.2) is 6.07 Å². The van der Waals surface area contributed by atoms with E-state index in [0.29, 0.717) is 6.07 Å². The molecule has 1 aromatic rings. The Labute approximate surface area is 98.6 Å². The lowest BCUT2D eigenvalue weighted by Crippen LogP contribution is -2.15. The first kappa shape index (κ1) is 13.1. The lowest BCUT2D eigenvalue weighted by Gasteiger charge is -2.14. The van der Waals surface area contributed by atoms with Crippen LogP contribution in [0.4, 0.5) is 18.9 Å². The molecule has 1 amide bonds. The number of anilines is 1. The highest BCUT2D eigenvalue weighted by molar-refractivity contribution is 6.34. The first-order valence-corrected chi connectivity index (χ1v) is 4.68. The van der Waals surface area contributed by atoms with Gasteiger partial charge >= 0.3 is 6.18 Å². The Hall–Kier alpha value is -1.01. The van der Waals surface area contributed by atoms with Crippen LogP contribution in [0.2, 0.25) is 10.3 Å². The second-order valence-electron chi connectivity index (χ2n) is 2.84. The van der Waals surface area contributed by atoms with Crippen LogP contribution in [0.25, 0.3) is 0 Å². The molecule has 0 saturated heterocycles. The lowest BCUT2D eigenvalue weighted by molar-refractivity contribution is -0.137. The standard InChI is InChI=1S/C8H5Cl2F3N2O/c1-3(16)14-6-4(8(11,12)13)2-5(9)15-7(6)10/h2H,1H3,(H,14,16). The second kappa shape index (κ2) is 4.47. The molecular weight excluding hydrogens is 268 g/mol. The Morgan fingerprint density at radius 3 is 2.44 bits per heavy atom. The summed E-state index contributed by atoms with van der Waals surface area (Å²) in [6, 6.07) is 0.596. The zero-order valence-electron chi connectivity index (χ0n) is 7.82. The van der Waals surface area contributed by atoms with Gasteiger partial charge in [-0.2, -0.15) is 13.2 Å². The van der Waals surface area contributed by atoms with Gasteiger partial charge in [-0.1, -0.05) is 23.2 Å². The normalized spacial score (nSPS) is 11.4. The maximum Gasteiger partial charge on any atom is 0.418 e. The van der Waals surface area contributed by atoms with Crippen molar-refractivity contribution in [2.24, 2.45) is 0 Å². The summed E-state index contributed by atoms with van der Waals surface area (Å²) in [5.41, 5.74) is -1.72. The van der Waals surface area contributed by atoms with Crippen molar-refractivity contribution >= 4 is 34.8 Å².